The first-order chi connectivity index (χ1) is 16.3. The molecular formula is C27H27BrN2O3S. The molecule has 5 rings (SSSR count). The number of hydrogen-bond acceptors (Lipinski definition) is 3. The number of sulfonamides is 1. The molecule has 34 heavy (non-hydrogen) atoms. The van der Waals surface area contributed by atoms with Crippen LogP contribution in [0.25, 0.3) is 0 Å². The second-order valence-electron chi connectivity index (χ2n) is 9.04. The lowest BCUT2D eigenvalue weighted by Gasteiger charge is -2.30. The fourth-order valence-electron chi connectivity index (χ4n) is 5.06. The first-order valence-electron chi connectivity index (χ1n) is 11.6. The van der Waals surface area contributed by atoms with Crippen LogP contribution in [-0.2, 0) is 34.1 Å². The van der Waals surface area contributed by atoms with E-state index in [1.54, 1.807) is 12.1 Å². The Hall–Kier alpha value is -2.64. The lowest BCUT2D eigenvalue weighted by molar-refractivity contribution is -0.118. The van der Waals surface area contributed by atoms with Crippen LogP contribution in [0.2, 0.25) is 0 Å². The van der Waals surface area contributed by atoms with Crippen LogP contribution in [0.3, 0.4) is 0 Å². The highest BCUT2D eigenvalue weighted by Gasteiger charge is 2.31. The number of carbonyl (C=O) groups excluding carboxylic acids is 1. The molecular weight excluding hydrogens is 512 g/mol. The molecule has 0 radical (unpaired) electrons. The second-order valence-corrected chi connectivity index (χ2v) is 11.8. The molecule has 1 unspecified atom stereocenters. The third kappa shape index (κ3) is 4.27. The number of amides is 1. The number of anilines is 2. The van der Waals surface area contributed by atoms with Crippen molar-refractivity contribution in [1.29, 1.82) is 0 Å². The van der Waals surface area contributed by atoms with Crippen molar-refractivity contribution in [3.63, 3.8) is 0 Å². The van der Waals surface area contributed by atoms with Crippen molar-refractivity contribution in [2.24, 2.45) is 0 Å². The van der Waals surface area contributed by atoms with Crippen LogP contribution in [0.4, 0.5) is 11.4 Å². The predicted octanol–water partition coefficient (Wildman–Crippen LogP) is 5.50. The molecule has 2 aliphatic rings. The van der Waals surface area contributed by atoms with Gasteiger partial charge in [0.2, 0.25) is 5.91 Å². The first-order valence-corrected chi connectivity index (χ1v) is 13.9. The summed E-state index contributed by atoms with van der Waals surface area (Å²) in [5, 5.41) is 0. The van der Waals surface area contributed by atoms with E-state index in [0.29, 0.717) is 19.4 Å². The highest BCUT2D eigenvalue weighted by Crippen LogP contribution is 2.35. The first kappa shape index (κ1) is 23.1. The number of fused-ring (bicyclic) bond motifs is 2. The fourth-order valence-corrected chi connectivity index (χ4v) is 7.01. The Labute approximate surface area is 209 Å². The van der Waals surface area contributed by atoms with Crippen LogP contribution >= 0.6 is 15.9 Å². The summed E-state index contributed by atoms with van der Waals surface area (Å²) in [6.45, 7) is 2.56. The topological polar surface area (TPSA) is 57.7 Å². The monoisotopic (exact) mass is 538 g/mol. The number of rotatable bonds is 5. The summed E-state index contributed by atoms with van der Waals surface area (Å²) < 4.78 is 29.2. The summed E-state index contributed by atoms with van der Waals surface area (Å²) in [6, 6.07) is 20.9. The summed E-state index contributed by atoms with van der Waals surface area (Å²) in [5.74, 6) is 0.0928. The summed E-state index contributed by atoms with van der Waals surface area (Å²) in [6.07, 6.45) is 3.51. The number of aryl methyl sites for hydroxylation is 2. The fraction of sp³-hybridized carbons (Fsp3) is 0.296. The molecule has 2 heterocycles. The molecule has 0 aromatic heterocycles. The average molecular weight is 539 g/mol. The van der Waals surface area contributed by atoms with E-state index in [1.807, 2.05) is 53.4 Å². The van der Waals surface area contributed by atoms with E-state index in [1.165, 1.54) is 9.87 Å². The zero-order chi connectivity index (χ0) is 23.9. The van der Waals surface area contributed by atoms with Crippen LogP contribution < -0.4 is 9.21 Å². The smallest absolute Gasteiger partial charge is 0.264 e. The molecule has 0 aliphatic carbocycles. The molecule has 0 bridgehead atoms. The van der Waals surface area contributed by atoms with Crippen molar-refractivity contribution in [2.75, 3.05) is 15.7 Å². The molecule has 0 saturated heterocycles. The van der Waals surface area contributed by atoms with Crippen LogP contribution in [0.1, 0.15) is 36.5 Å². The standard InChI is InChI=1S/C27H27BrN2O3S/c1-19-17-22-18-23(28)11-14-26(22)30(19)27(31)15-10-20-8-12-24(13-9-20)34(32,33)29-16-4-6-21-5-2-3-7-25(21)29/h2-3,5,7-9,11-14,18-19H,4,6,10,15-17H2,1H3. The third-order valence-electron chi connectivity index (χ3n) is 6.73. The number of para-hydroxylation sites is 1. The van der Waals surface area contributed by atoms with Gasteiger partial charge in [0, 0.05) is 29.2 Å². The van der Waals surface area contributed by atoms with Crippen molar-refractivity contribution >= 4 is 43.2 Å². The van der Waals surface area contributed by atoms with Crippen LogP contribution in [0.5, 0.6) is 0 Å². The van der Waals surface area contributed by atoms with Crippen LogP contribution in [-0.4, -0.2) is 26.9 Å². The molecule has 0 spiro atoms. The van der Waals surface area contributed by atoms with Gasteiger partial charge < -0.3 is 4.90 Å². The lowest BCUT2D eigenvalue weighted by Crippen LogP contribution is -2.36. The summed E-state index contributed by atoms with van der Waals surface area (Å²) >= 11 is 3.51. The Morgan fingerprint density at radius 2 is 1.76 bits per heavy atom. The number of hydrogen-bond donors (Lipinski definition) is 0. The highest BCUT2D eigenvalue weighted by molar-refractivity contribution is 9.10. The molecule has 0 fully saturated rings. The van der Waals surface area contributed by atoms with Gasteiger partial charge >= 0.3 is 0 Å². The van der Waals surface area contributed by atoms with E-state index in [0.717, 1.165) is 46.2 Å². The van der Waals surface area contributed by atoms with E-state index < -0.39 is 10.0 Å². The van der Waals surface area contributed by atoms with E-state index in [9.17, 15) is 13.2 Å². The van der Waals surface area contributed by atoms with Gasteiger partial charge in [0.25, 0.3) is 10.0 Å². The second kappa shape index (κ2) is 9.19. The van der Waals surface area contributed by atoms with Gasteiger partial charge in [-0.25, -0.2) is 8.42 Å². The van der Waals surface area contributed by atoms with Gasteiger partial charge in [0.05, 0.1) is 10.6 Å². The maximum absolute atomic E-state index is 13.3. The Bertz CT molecular complexity index is 1340. The molecule has 3 aromatic rings. The number of carbonyl (C=O) groups is 1. The maximum atomic E-state index is 13.3. The van der Waals surface area contributed by atoms with Crippen molar-refractivity contribution in [3.8, 4) is 0 Å². The van der Waals surface area contributed by atoms with Crippen molar-refractivity contribution in [2.45, 2.75) is 50.0 Å². The third-order valence-corrected chi connectivity index (χ3v) is 9.05. The summed E-state index contributed by atoms with van der Waals surface area (Å²) in [4.78, 5) is 15.2. The molecule has 2 aliphatic heterocycles. The van der Waals surface area contributed by atoms with Gasteiger partial charge in [-0.05, 0) is 85.7 Å². The lowest BCUT2D eigenvalue weighted by atomic mass is 10.0. The molecule has 5 nitrogen and oxygen atoms in total. The Morgan fingerprint density at radius 3 is 2.56 bits per heavy atom. The van der Waals surface area contributed by atoms with Gasteiger partial charge in [0.15, 0.2) is 0 Å². The minimum atomic E-state index is -3.63. The molecule has 7 heteroatoms. The molecule has 3 aromatic carbocycles. The molecule has 0 N–H and O–H groups in total. The molecule has 176 valence electrons. The van der Waals surface area contributed by atoms with Gasteiger partial charge in [0.1, 0.15) is 0 Å². The van der Waals surface area contributed by atoms with E-state index in [2.05, 4.69) is 28.9 Å². The van der Waals surface area contributed by atoms with E-state index in [4.69, 9.17) is 0 Å². The maximum Gasteiger partial charge on any atom is 0.264 e. The van der Waals surface area contributed by atoms with E-state index in [-0.39, 0.29) is 16.8 Å². The average Bonchev–Trinajstić information content (AvgIpc) is 3.17. The van der Waals surface area contributed by atoms with Crippen molar-refractivity contribution in [1.82, 2.24) is 0 Å². The van der Waals surface area contributed by atoms with Gasteiger partial charge in [-0.15, -0.1) is 0 Å². The zero-order valence-electron chi connectivity index (χ0n) is 19.1. The largest absolute Gasteiger partial charge is 0.309 e. The quantitative estimate of drug-likeness (QED) is 0.430. The Kier molecular flexibility index (Phi) is 6.25. The molecule has 1 atom stereocenters. The highest BCUT2D eigenvalue weighted by atomic mass is 79.9. The Morgan fingerprint density at radius 1 is 1.00 bits per heavy atom. The van der Waals surface area contributed by atoms with Crippen LogP contribution in [0.15, 0.2) is 76.1 Å². The summed E-state index contributed by atoms with van der Waals surface area (Å²) in [7, 11) is -3.63. The number of halogens is 1. The van der Waals surface area contributed by atoms with Crippen molar-refractivity contribution in [3.05, 3.63) is 87.9 Å². The molecule has 1 amide bonds. The SMILES string of the molecule is CC1Cc2cc(Br)ccc2N1C(=O)CCc1ccc(S(=O)(=O)N2CCCc3ccccc32)cc1. The Balaban J connectivity index is 1.28. The normalized spacial score (nSPS) is 17.4. The summed E-state index contributed by atoms with van der Waals surface area (Å²) in [5.41, 5.74) is 4.97. The minimum Gasteiger partial charge on any atom is -0.309 e. The predicted molar refractivity (Wildman–Crippen MR) is 139 cm³/mol. The van der Waals surface area contributed by atoms with E-state index >= 15 is 0 Å². The van der Waals surface area contributed by atoms with Crippen LogP contribution in [0, 0.1) is 0 Å². The van der Waals surface area contributed by atoms with Gasteiger partial charge in [-0.1, -0.05) is 46.3 Å². The molecule has 0 saturated carbocycles. The van der Waals surface area contributed by atoms with Crippen molar-refractivity contribution < 1.29 is 13.2 Å². The van der Waals surface area contributed by atoms with Gasteiger partial charge in [-0.3, -0.25) is 9.10 Å². The zero-order valence-corrected chi connectivity index (χ0v) is 21.5. The number of nitrogens with zero attached hydrogens (tertiary/aromatic N) is 2. The number of benzene rings is 3. The minimum absolute atomic E-state index is 0.0928. The van der Waals surface area contributed by atoms with Gasteiger partial charge in [-0.2, -0.15) is 0 Å².